The Hall–Kier alpha value is -2.20. The van der Waals surface area contributed by atoms with Gasteiger partial charge in [0, 0.05) is 29.6 Å². The maximum Gasteiger partial charge on any atom is 0.158 e. The van der Waals surface area contributed by atoms with E-state index in [2.05, 4.69) is 23.3 Å². The third kappa shape index (κ3) is 1.89. The molecule has 0 unspecified atom stereocenters. The van der Waals surface area contributed by atoms with Crippen LogP contribution in [0.4, 0.5) is 0 Å². The Labute approximate surface area is 117 Å². The van der Waals surface area contributed by atoms with Crippen LogP contribution in [-0.4, -0.2) is 14.8 Å². The van der Waals surface area contributed by atoms with Crippen LogP contribution in [0.5, 0.6) is 0 Å². The number of benzene rings is 1. The van der Waals surface area contributed by atoms with Gasteiger partial charge >= 0.3 is 0 Å². The Bertz CT molecular complexity index is 771. The highest BCUT2D eigenvalue weighted by Gasteiger charge is 2.26. The Morgan fingerprint density at radius 2 is 2.05 bits per heavy atom. The molecule has 1 fully saturated rings. The van der Waals surface area contributed by atoms with Gasteiger partial charge in [0.05, 0.1) is 11.2 Å². The summed E-state index contributed by atoms with van der Waals surface area (Å²) in [5.74, 6) is 1.50. The van der Waals surface area contributed by atoms with Gasteiger partial charge in [-0.05, 0) is 31.0 Å². The molecule has 1 aliphatic rings. The highest BCUT2D eigenvalue weighted by atomic mass is 15.3. The third-order valence-electron chi connectivity index (χ3n) is 3.82. The van der Waals surface area contributed by atoms with Crippen molar-refractivity contribution in [3.05, 3.63) is 53.9 Å². The van der Waals surface area contributed by atoms with Gasteiger partial charge in [-0.3, -0.25) is 0 Å². The van der Waals surface area contributed by atoms with Gasteiger partial charge in [-0.15, -0.1) is 0 Å². The van der Waals surface area contributed by atoms with Crippen molar-refractivity contribution >= 4 is 10.9 Å². The molecule has 4 rings (SSSR count). The number of rotatable bonds is 3. The first-order valence-electron chi connectivity index (χ1n) is 7.00. The number of hydrogen-bond donors (Lipinski definition) is 1. The van der Waals surface area contributed by atoms with Gasteiger partial charge in [0.2, 0.25) is 0 Å². The second kappa shape index (κ2) is 4.42. The van der Waals surface area contributed by atoms with Crippen LogP contribution in [0.25, 0.3) is 16.7 Å². The molecular formula is C16H16N4. The lowest BCUT2D eigenvalue weighted by atomic mass is 10.1. The normalized spacial score (nSPS) is 14.8. The van der Waals surface area contributed by atoms with Crippen LogP contribution in [0.2, 0.25) is 0 Å². The number of fused-ring (bicyclic) bond motifs is 1. The van der Waals surface area contributed by atoms with Crippen molar-refractivity contribution in [2.45, 2.75) is 25.3 Å². The zero-order chi connectivity index (χ0) is 13.5. The first-order valence-corrected chi connectivity index (χ1v) is 7.00. The molecule has 0 spiro atoms. The summed E-state index contributed by atoms with van der Waals surface area (Å²) in [6.07, 6.45) is 4.50. The van der Waals surface area contributed by atoms with Crippen LogP contribution in [0, 0.1) is 0 Å². The molecule has 0 aliphatic heterocycles. The summed E-state index contributed by atoms with van der Waals surface area (Å²) < 4.78 is 1.86. The molecule has 20 heavy (non-hydrogen) atoms. The Kier molecular flexibility index (Phi) is 2.57. The van der Waals surface area contributed by atoms with Crippen molar-refractivity contribution in [2.75, 3.05) is 0 Å². The fourth-order valence-corrected chi connectivity index (χ4v) is 2.55. The van der Waals surface area contributed by atoms with E-state index in [1.807, 2.05) is 29.1 Å². The largest absolute Gasteiger partial charge is 0.326 e. The smallest absolute Gasteiger partial charge is 0.158 e. The lowest BCUT2D eigenvalue weighted by Gasteiger charge is -2.09. The van der Waals surface area contributed by atoms with Crippen molar-refractivity contribution in [3.63, 3.8) is 0 Å². The van der Waals surface area contributed by atoms with E-state index < -0.39 is 0 Å². The van der Waals surface area contributed by atoms with Gasteiger partial charge in [-0.2, -0.15) is 5.10 Å². The number of nitrogens with two attached hydrogens (primary N) is 1. The quantitative estimate of drug-likeness (QED) is 0.791. The second-order valence-corrected chi connectivity index (χ2v) is 5.33. The summed E-state index contributed by atoms with van der Waals surface area (Å²) >= 11 is 0. The van der Waals surface area contributed by atoms with Crippen LogP contribution in [0.3, 0.4) is 0 Å². The Morgan fingerprint density at radius 1 is 1.20 bits per heavy atom. The fourth-order valence-electron chi connectivity index (χ4n) is 2.55. The number of pyridine rings is 1. The van der Waals surface area contributed by atoms with Crippen LogP contribution in [0.15, 0.2) is 42.6 Å². The molecule has 1 aromatic carbocycles. The first kappa shape index (κ1) is 11.6. The lowest BCUT2D eigenvalue weighted by Crippen LogP contribution is -2.08. The average molecular weight is 264 g/mol. The van der Waals surface area contributed by atoms with Gasteiger partial charge < -0.3 is 5.73 Å². The predicted molar refractivity (Wildman–Crippen MR) is 78.7 cm³/mol. The van der Waals surface area contributed by atoms with Crippen LogP contribution in [0.1, 0.15) is 30.0 Å². The molecule has 0 amide bonds. The summed E-state index contributed by atoms with van der Waals surface area (Å²) in [4.78, 5) is 4.73. The van der Waals surface area contributed by atoms with Crippen molar-refractivity contribution in [3.8, 4) is 5.82 Å². The molecule has 2 aromatic heterocycles. The van der Waals surface area contributed by atoms with Crippen molar-refractivity contribution in [1.82, 2.24) is 14.8 Å². The zero-order valence-electron chi connectivity index (χ0n) is 11.2. The molecule has 1 saturated carbocycles. The van der Waals surface area contributed by atoms with E-state index in [9.17, 15) is 0 Å². The predicted octanol–water partition coefficient (Wildman–Crippen LogP) is 2.76. The van der Waals surface area contributed by atoms with Gasteiger partial charge in [-0.25, -0.2) is 9.67 Å². The average Bonchev–Trinajstić information content (AvgIpc) is 3.23. The molecule has 0 saturated heterocycles. The van der Waals surface area contributed by atoms with Crippen molar-refractivity contribution < 1.29 is 0 Å². The summed E-state index contributed by atoms with van der Waals surface area (Å²) in [6.45, 7) is 0.464. The summed E-state index contributed by atoms with van der Waals surface area (Å²) in [5, 5.41) is 5.77. The minimum Gasteiger partial charge on any atom is -0.326 e. The number of para-hydroxylation sites is 1. The Balaban J connectivity index is 1.87. The maximum atomic E-state index is 5.88. The number of aromatic nitrogens is 3. The molecule has 4 nitrogen and oxygen atoms in total. The van der Waals surface area contributed by atoms with E-state index in [1.165, 1.54) is 18.5 Å². The molecule has 3 aromatic rings. The molecule has 0 atom stereocenters. The standard InChI is InChI=1S/C16H16N4/c17-10-13-9-12-3-1-2-4-14(12)18-16(13)20-8-7-15(19-20)11-5-6-11/h1-4,7-9,11H,5-6,10,17H2. The first-order chi connectivity index (χ1) is 9.85. The topological polar surface area (TPSA) is 56.7 Å². The molecule has 1 aliphatic carbocycles. The van der Waals surface area contributed by atoms with E-state index in [-0.39, 0.29) is 0 Å². The molecule has 0 radical (unpaired) electrons. The van der Waals surface area contributed by atoms with Gasteiger partial charge in [0.15, 0.2) is 5.82 Å². The summed E-state index contributed by atoms with van der Waals surface area (Å²) in [7, 11) is 0. The van der Waals surface area contributed by atoms with Crippen molar-refractivity contribution in [1.29, 1.82) is 0 Å². The van der Waals surface area contributed by atoms with Gasteiger partial charge in [0.25, 0.3) is 0 Å². The maximum absolute atomic E-state index is 5.88. The summed E-state index contributed by atoms with van der Waals surface area (Å²) in [6, 6.07) is 12.3. The van der Waals surface area contributed by atoms with Crippen LogP contribution in [-0.2, 0) is 6.54 Å². The minimum atomic E-state index is 0.464. The number of nitrogens with zero attached hydrogens (tertiary/aromatic N) is 3. The zero-order valence-corrected chi connectivity index (χ0v) is 11.2. The van der Waals surface area contributed by atoms with E-state index >= 15 is 0 Å². The third-order valence-corrected chi connectivity index (χ3v) is 3.82. The van der Waals surface area contributed by atoms with Crippen LogP contribution >= 0.6 is 0 Å². The Morgan fingerprint density at radius 3 is 2.85 bits per heavy atom. The molecule has 0 bridgehead atoms. The van der Waals surface area contributed by atoms with Crippen LogP contribution < -0.4 is 5.73 Å². The molecular weight excluding hydrogens is 248 g/mol. The monoisotopic (exact) mass is 264 g/mol. The van der Waals surface area contributed by atoms with E-state index in [0.29, 0.717) is 12.5 Å². The molecule has 2 heterocycles. The SMILES string of the molecule is NCc1cc2ccccc2nc1-n1ccc(C2CC2)n1. The summed E-state index contributed by atoms with van der Waals surface area (Å²) in [5.41, 5.74) is 9.04. The highest BCUT2D eigenvalue weighted by molar-refractivity contribution is 5.80. The van der Waals surface area contributed by atoms with Gasteiger partial charge in [-0.1, -0.05) is 18.2 Å². The molecule has 2 N–H and O–H groups in total. The van der Waals surface area contributed by atoms with E-state index in [1.54, 1.807) is 0 Å². The lowest BCUT2D eigenvalue weighted by molar-refractivity contribution is 0.801. The highest BCUT2D eigenvalue weighted by Crippen LogP contribution is 2.39. The van der Waals surface area contributed by atoms with E-state index in [4.69, 9.17) is 10.7 Å². The van der Waals surface area contributed by atoms with E-state index in [0.717, 1.165) is 22.3 Å². The molecule has 100 valence electrons. The van der Waals surface area contributed by atoms with Gasteiger partial charge in [0.1, 0.15) is 0 Å². The van der Waals surface area contributed by atoms with Crippen molar-refractivity contribution in [2.24, 2.45) is 5.73 Å². The molecule has 4 heteroatoms. The fraction of sp³-hybridized carbons (Fsp3) is 0.250. The number of hydrogen-bond acceptors (Lipinski definition) is 3. The second-order valence-electron chi connectivity index (χ2n) is 5.33. The minimum absolute atomic E-state index is 0.464.